The Labute approximate surface area is 423 Å². The van der Waals surface area contributed by atoms with Crippen molar-refractivity contribution in [1.29, 1.82) is 0 Å². The van der Waals surface area contributed by atoms with Crippen molar-refractivity contribution >= 4 is 17.9 Å². The molecule has 0 aromatic carbocycles. The maximum Gasteiger partial charge on any atom is 0.306 e. The number of carbonyl (C=O) groups excluding carboxylic acids is 3. The number of esters is 3. The largest absolute Gasteiger partial charge is 0.462 e. The van der Waals surface area contributed by atoms with E-state index in [9.17, 15) is 14.4 Å². The first kappa shape index (κ1) is 65.9. The van der Waals surface area contributed by atoms with Crippen molar-refractivity contribution in [2.75, 3.05) is 13.2 Å². The second kappa shape index (κ2) is 57.5. The van der Waals surface area contributed by atoms with E-state index in [4.69, 9.17) is 14.2 Å². The zero-order chi connectivity index (χ0) is 49.3. The molecule has 68 heavy (non-hydrogen) atoms. The van der Waals surface area contributed by atoms with Crippen LogP contribution in [0, 0.1) is 0 Å². The average Bonchev–Trinajstić information content (AvgIpc) is 3.34. The summed E-state index contributed by atoms with van der Waals surface area (Å²) < 4.78 is 16.9. The van der Waals surface area contributed by atoms with Gasteiger partial charge >= 0.3 is 17.9 Å². The normalized spacial score (nSPS) is 12.1. The van der Waals surface area contributed by atoms with Crippen LogP contribution < -0.4 is 0 Å². The van der Waals surface area contributed by atoms with Gasteiger partial charge in [0.05, 0.1) is 0 Å². The van der Waals surface area contributed by atoms with Crippen LogP contribution in [-0.2, 0) is 28.6 Å². The average molecular weight is 958 g/mol. The monoisotopic (exact) mass is 957 g/mol. The standard InChI is InChI=1S/C62H116O6/c1-4-7-10-13-16-19-22-25-28-31-34-37-40-43-46-49-52-55-61(64)67-58-59(57-66-60(63)54-51-48-45-42-39-36-33-30-27-24-21-18-15-12-9-6-3)68-62(65)56-53-50-47-44-41-38-35-32-29-26-23-20-17-14-11-8-5-2/h16,19,25,28,59H,4-15,17-18,20-24,26-27,29-58H2,1-3H3/b19-16-,28-25-/t59-/m1/s1. The first-order valence-electron chi connectivity index (χ1n) is 30.3. The van der Waals surface area contributed by atoms with Crippen LogP contribution >= 0.6 is 0 Å². The van der Waals surface area contributed by atoms with Gasteiger partial charge in [0.15, 0.2) is 6.10 Å². The van der Waals surface area contributed by atoms with Crippen molar-refractivity contribution < 1.29 is 28.6 Å². The Hall–Kier alpha value is -2.11. The van der Waals surface area contributed by atoms with Crippen molar-refractivity contribution in [1.82, 2.24) is 0 Å². The van der Waals surface area contributed by atoms with Crippen LogP contribution in [0.3, 0.4) is 0 Å². The highest BCUT2D eigenvalue weighted by Gasteiger charge is 2.19. The molecule has 0 aliphatic rings. The molecule has 0 spiro atoms. The van der Waals surface area contributed by atoms with E-state index in [1.54, 1.807) is 0 Å². The fourth-order valence-electron chi connectivity index (χ4n) is 9.12. The highest BCUT2D eigenvalue weighted by molar-refractivity contribution is 5.71. The number of hydrogen-bond donors (Lipinski definition) is 0. The summed E-state index contributed by atoms with van der Waals surface area (Å²) in [6.45, 7) is 6.67. The molecular weight excluding hydrogens is 841 g/mol. The number of allylic oxidation sites excluding steroid dienone is 4. The smallest absolute Gasteiger partial charge is 0.306 e. The van der Waals surface area contributed by atoms with Crippen LogP contribution in [0.25, 0.3) is 0 Å². The summed E-state index contributed by atoms with van der Waals surface area (Å²) in [5, 5.41) is 0. The van der Waals surface area contributed by atoms with Crippen LogP contribution in [0.4, 0.5) is 0 Å². The zero-order valence-electron chi connectivity index (χ0n) is 45.9. The van der Waals surface area contributed by atoms with Gasteiger partial charge in [0.2, 0.25) is 0 Å². The molecule has 400 valence electrons. The molecule has 0 unspecified atom stereocenters. The van der Waals surface area contributed by atoms with Crippen molar-refractivity contribution in [3.63, 3.8) is 0 Å². The van der Waals surface area contributed by atoms with Gasteiger partial charge in [-0.05, 0) is 51.4 Å². The molecule has 0 N–H and O–H groups in total. The SMILES string of the molecule is CCCCC/C=C\C/C=C\CCCCCCCCCC(=O)OC[C@@H](COC(=O)CCCCCCCCCCCCCCCCCC)OC(=O)CCCCCCCCCCCCCCCCCCC. The van der Waals surface area contributed by atoms with Gasteiger partial charge in [-0.25, -0.2) is 0 Å². The second-order valence-electron chi connectivity index (χ2n) is 20.6. The van der Waals surface area contributed by atoms with Crippen LogP contribution in [0.1, 0.15) is 335 Å². The van der Waals surface area contributed by atoms with E-state index in [0.717, 1.165) is 70.6 Å². The molecule has 0 amide bonds. The molecule has 0 bridgehead atoms. The van der Waals surface area contributed by atoms with E-state index in [0.29, 0.717) is 19.3 Å². The lowest BCUT2D eigenvalue weighted by atomic mass is 10.0. The van der Waals surface area contributed by atoms with Crippen LogP contribution in [-0.4, -0.2) is 37.2 Å². The minimum atomic E-state index is -0.770. The maximum atomic E-state index is 12.9. The molecule has 0 heterocycles. The number of hydrogen-bond acceptors (Lipinski definition) is 6. The molecule has 6 heteroatoms. The van der Waals surface area contributed by atoms with Crippen molar-refractivity contribution in [2.24, 2.45) is 0 Å². The van der Waals surface area contributed by atoms with Gasteiger partial charge in [-0.1, -0.05) is 289 Å². The summed E-state index contributed by atoms with van der Waals surface area (Å²) in [5.74, 6) is -0.850. The van der Waals surface area contributed by atoms with Gasteiger partial charge in [-0.15, -0.1) is 0 Å². The summed E-state index contributed by atoms with van der Waals surface area (Å²) in [7, 11) is 0. The number of rotatable bonds is 56. The Balaban J connectivity index is 4.33. The minimum Gasteiger partial charge on any atom is -0.462 e. The molecule has 0 aliphatic carbocycles. The molecule has 0 saturated carbocycles. The summed E-state index contributed by atoms with van der Waals surface area (Å²) in [6, 6.07) is 0. The summed E-state index contributed by atoms with van der Waals surface area (Å²) >= 11 is 0. The van der Waals surface area contributed by atoms with Gasteiger partial charge in [0.1, 0.15) is 13.2 Å². The van der Waals surface area contributed by atoms with E-state index in [1.807, 2.05) is 0 Å². The van der Waals surface area contributed by atoms with Crippen LogP contribution in [0.15, 0.2) is 24.3 Å². The molecule has 0 aliphatic heterocycles. The maximum absolute atomic E-state index is 12.9. The Morgan fingerprint density at radius 2 is 0.529 bits per heavy atom. The molecule has 0 rings (SSSR count). The fourth-order valence-corrected chi connectivity index (χ4v) is 9.12. The first-order chi connectivity index (χ1) is 33.5. The molecule has 6 nitrogen and oxygen atoms in total. The Morgan fingerprint density at radius 3 is 0.838 bits per heavy atom. The van der Waals surface area contributed by atoms with Gasteiger partial charge in [-0.2, -0.15) is 0 Å². The number of ether oxygens (including phenoxy) is 3. The Kier molecular flexibility index (Phi) is 55.7. The van der Waals surface area contributed by atoms with E-state index < -0.39 is 6.10 Å². The topological polar surface area (TPSA) is 78.9 Å². The minimum absolute atomic E-state index is 0.0677. The summed E-state index contributed by atoms with van der Waals surface area (Å²) in [5.41, 5.74) is 0. The lowest BCUT2D eigenvalue weighted by molar-refractivity contribution is -0.167. The Bertz CT molecular complexity index is 1100. The van der Waals surface area contributed by atoms with E-state index >= 15 is 0 Å². The third kappa shape index (κ3) is 54.8. The predicted octanol–water partition coefficient (Wildman–Crippen LogP) is 20.3. The molecule has 0 aromatic rings. The van der Waals surface area contributed by atoms with Crippen LogP contribution in [0.5, 0.6) is 0 Å². The van der Waals surface area contributed by atoms with Crippen molar-refractivity contribution in [3.8, 4) is 0 Å². The third-order valence-electron chi connectivity index (χ3n) is 13.7. The summed E-state index contributed by atoms with van der Waals surface area (Å²) in [6.07, 6.45) is 67.4. The van der Waals surface area contributed by atoms with E-state index in [-0.39, 0.29) is 31.1 Å². The molecule has 0 fully saturated rings. The lowest BCUT2D eigenvalue weighted by Crippen LogP contribution is -2.30. The van der Waals surface area contributed by atoms with Gasteiger partial charge < -0.3 is 14.2 Å². The van der Waals surface area contributed by atoms with E-state index in [1.165, 1.54) is 225 Å². The van der Waals surface area contributed by atoms with Crippen molar-refractivity contribution in [2.45, 2.75) is 341 Å². The first-order valence-corrected chi connectivity index (χ1v) is 30.3. The molecule has 1 atom stereocenters. The Morgan fingerprint density at radius 1 is 0.294 bits per heavy atom. The van der Waals surface area contributed by atoms with E-state index in [2.05, 4.69) is 45.1 Å². The zero-order valence-corrected chi connectivity index (χ0v) is 45.9. The molecule has 0 saturated heterocycles. The lowest BCUT2D eigenvalue weighted by Gasteiger charge is -2.18. The molecular formula is C62H116O6. The summed E-state index contributed by atoms with van der Waals surface area (Å²) in [4.78, 5) is 38.2. The fraction of sp³-hybridized carbons (Fsp3) is 0.887. The second-order valence-corrected chi connectivity index (χ2v) is 20.6. The number of carbonyl (C=O) groups is 3. The van der Waals surface area contributed by atoms with Gasteiger partial charge in [-0.3, -0.25) is 14.4 Å². The number of unbranched alkanes of at least 4 members (excludes halogenated alkanes) is 41. The predicted molar refractivity (Wildman–Crippen MR) is 293 cm³/mol. The quantitative estimate of drug-likeness (QED) is 0.0262. The van der Waals surface area contributed by atoms with Crippen molar-refractivity contribution in [3.05, 3.63) is 24.3 Å². The van der Waals surface area contributed by atoms with Crippen LogP contribution in [0.2, 0.25) is 0 Å². The highest BCUT2D eigenvalue weighted by atomic mass is 16.6. The highest BCUT2D eigenvalue weighted by Crippen LogP contribution is 2.17. The third-order valence-corrected chi connectivity index (χ3v) is 13.7. The van der Waals surface area contributed by atoms with Gasteiger partial charge in [0.25, 0.3) is 0 Å². The molecule has 0 aromatic heterocycles. The van der Waals surface area contributed by atoms with Gasteiger partial charge in [0, 0.05) is 19.3 Å². The molecule has 0 radical (unpaired) electrons.